The van der Waals surface area contributed by atoms with Crippen molar-refractivity contribution in [3.63, 3.8) is 0 Å². The number of carbonyl (C=O) groups excluding carboxylic acids is 1. The molecular formula is C11H19N3O2. The number of amides is 1. The lowest BCUT2D eigenvalue weighted by Gasteiger charge is -2.12. The van der Waals surface area contributed by atoms with Crippen molar-refractivity contribution in [1.82, 2.24) is 15.1 Å². The number of hydrogen-bond acceptors (Lipinski definition) is 3. The third-order valence-corrected chi connectivity index (χ3v) is 2.43. The molecule has 1 rings (SSSR count). The highest BCUT2D eigenvalue weighted by atomic mass is 16.3. The van der Waals surface area contributed by atoms with Gasteiger partial charge in [0.25, 0.3) is 5.91 Å². The highest BCUT2D eigenvalue weighted by molar-refractivity contribution is 5.95. The predicted molar refractivity (Wildman–Crippen MR) is 61.2 cm³/mol. The van der Waals surface area contributed by atoms with Crippen molar-refractivity contribution in [1.29, 1.82) is 0 Å². The largest absolute Gasteiger partial charge is 0.396 e. The molecule has 1 aromatic rings. The van der Waals surface area contributed by atoms with Crippen LogP contribution in [0.2, 0.25) is 0 Å². The molecule has 1 heterocycles. The normalized spacial score (nSPS) is 12.5. The lowest BCUT2D eigenvalue weighted by atomic mass is 10.1. The number of carbonyl (C=O) groups is 1. The summed E-state index contributed by atoms with van der Waals surface area (Å²) in [6, 6.07) is 0.0688. The Kier molecular flexibility index (Phi) is 4.49. The van der Waals surface area contributed by atoms with E-state index >= 15 is 0 Å². The fraction of sp³-hybridized carbons (Fsp3) is 0.636. The van der Waals surface area contributed by atoms with Crippen molar-refractivity contribution in [3.05, 3.63) is 17.5 Å². The van der Waals surface area contributed by atoms with E-state index in [1.54, 1.807) is 17.9 Å². The van der Waals surface area contributed by atoms with Crippen molar-refractivity contribution in [2.45, 2.75) is 32.7 Å². The zero-order valence-corrected chi connectivity index (χ0v) is 10.0. The monoisotopic (exact) mass is 225 g/mol. The first-order valence-electron chi connectivity index (χ1n) is 5.46. The van der Waals surface area contributed by atoms with Crippen LogP contribution in [0.3, 0.4) is 0 Å². The number of aliphatic hydroxyl groups is 1. The highest BCUT2D eigenvalue weighted by Gasteiger charge is 2.14. The van der Waals surface area contributed by atoms with E-state index in [0.29, 0.717) is 12.0 Å². The molecule has 1 atom stereocenters. The fourth-order valence-corrected chi connectivity index (χ4v) is 1.59. The van der Waals surface area contributed by atoms with Gasteiger partial charge in [-0.1, -0.05) is 0 Å². The maximum Gasteiger partial charge on any atom is 0.254 e. The third kappa shape index (κ3) is 3.34. The van der Waals surface area contributed by atoms with Crippen LogP contribution in [-0.2, 0) is 7.05 Å². The van der Waals surface area contributed by atoms with Crippen molar-refractivity contribution < 1.29 is 9.90 Å². The molecule has 0 fully saturated rings. The van der Waals surface area contributed by atoms with Crippen LogP contribution in [0.1, 0.15) is 35.8 Å². The maximum atomic E-state index is 11.8. The molecule has 1 aromatic heterocycles. The Morgan fingerprint density at radius 3 is 2.88 bits per heavy atom. The minimum absolute atomic E-state index is 0.0688. The summed E-state index contributed by atoms with van der Waals surface area (Å²) < 4.78 is 1.63. The van der Waals surface area contributed by atoms with Gasteiger partial charge in [-0.25, -0.2) is 0 Å². The summed E-state index contributed by atoms with van der Waals surface area (Å²) in [5.74, 6) is -0.101. The summed E-state index contributed by atoms with van der Waals surface area (Å²) in [5, 5.41) is 15.7. The first-order valence-corrected chi connectivity index (χ1v) is 5.46. The van der Waals surface area contributed by atoms with Gasteiger partial charge in [-0.15, -0.1) is 0 Å². The lowest BCUT2D eigenvalue weighted by Crippen LogP contribution is -2.32. The van der Waals surface area contributed by atoms with Gasteiger partial charge in [-0.05, 0) is 26.7 Å². The van der Waals surface area contributed by atoms with Crippen LogP contribution in [0.4, 0.5) is 0 Å². The van der Waals surface area contributed by atoms with Crippen molar-refractivity contribution in [3.8, 4) is 0 Å². The molecule has 5 heteroatoms. The van der Waals surface area contributed by atoms with Gasteiger partial charge in [-0.2, -0.15) is 5.10 Å². The molecule has 0 saturated heterocycles. The smallest absolute Gasteiger partial charge is 0.254 e. The quantitative estimate of drug-likeness (QED) is 0.772. The van der Waals surface area contributed by atoms with Gasteiger partial charge in [0.05, 0.1) is 11.3 Å². The summed E-state index contributed by atoms with van der Waals surface area (Å²) in [7, 11) is 1.79. The SMILES string of the molecule is Cc1nn(C)cc1C(=O)NC(C)CCCO. The maximum absolute atomic E-state index is 11.8. The summed E-state index contributed by atoms with van der Waals surface area (Å²) in [6.45, 7) is 3.90. The number of aliphatic hydroxyl groups excluding tert-OH is 1. The van der Waals surface area contributed by atoms with Gasteiger partial charge in [0.15, 0.2) is 0 Å². The molecular weight excluding hydrogens is 206 g/mol. The molecule has 1 unspecified atom stereocenters. The standard InChI is InChI=1S/C11H19N3O2/c1-8(5-4-6-15)12-11(16)10-7-14(3)13-9(10)2/h7-8,15H,4-6H2,1-3H3,(H,12,16). The van der Waals surface area contributed by atoms with Crippen LogP contribution < -0.4 is 5.32 Å². The van der Waals surface area contributed by atoms with E-state index in [0.717, 1.165) is 12.1 Å². The Morgan fingerprint density at radius 1 is 1.69 bits per heavy atom. The van der Waals surface area contributed by atoms with Gasteiger partial charge < -0.3 is 10.4 Å². The molecule has 0 radical (unpaired) electrons. The van der Waals surface area contributed by atoms with Crippen LogP contribution in [0.15, 0.2) is 6.20 Å². The first kappa shape index (κ1) is 12.7. The van der Waals surface area contributed by atoms with Gasteiger partial charge in [-0.3, -0.25) is 9.48 Å². The Balaban J connectivity index is 2.55. The second-order valence-corrected chi connectivity index (χ2v) is 4.04. The van der Waals surface area contributed by atoms with E-state index in [1.165, 1.54) is 0 Å². The molecule has 0 aromatic carbocycles. The second-order valence-electron chi connectivity index (χ2n) is 4.04. The second kappa shape index (κ2) is 5.65. The van der Waals surface area contributed by atoms with Crippen LogP contribution >= 0.6 is 0 Å². The Labute approximate surface area is 95.5 Å². The van der Waals surface area contributed by atoms with E-state index in [-0.39, 0.29) is 18.6 Å². The number of aryl methyl sites for hydroxylation is 2. The average Bonchev–Trinajstić information content (AvgIpc) is 2.54. The Hall–Kier alpha value is -1.36. The molecule has 0 aliphatic heterocycles. The first-order chi connectivity index (χ1) is 7.54. The topological polar surface area (TPSA) is 67.2 Å². The van der Waals surface area contributed by atoms with E-state index in [4.69, 9.17) is 5.11 Å². The van der Waals surface area contributed by atoms with Gasteiger partial charge in [0.2, 0.25) is 0 Å². The summed E-state index contributed by atoms with van der Waals surface area (Å²) in [4.78, 5) is 11.8. The summed E-state index contributed by atoms with van der Waals surface area (Å²) in [6.07, 6.45) is 3.19. The molecule has 5 nitrogen and oxygen atoms in total. The van der Waals surface area contributed by atoms with Crippen molar-refractivity contribution in [2.75, 3.05) is 6.61 Å². The number of hydrogen-bond donors (Lipinski definition) is 2. The van der Waals surface area contributed by atoms with Gasteiger partial charge in [0.1, 0.15) is 0 Å². The number of nitrogens with zero attached hydrogens (tertiary/aromatic N) is 2. The molecule has 2 N–H and O–H groups in total. The number of aromatic nitrogens is 2. The van der Waals surface area contributed by atoms with Crippen LogP contribution in [0, 0.1) is 6.92 Å². The lowest BCUT2D eigenvalue weighted by molar-refractivity contribution is 0.0935. The molecule has 0 saturated carbocycles. The minimum Gasteiger partial charge on any atom is -0.396 e. The summed E-state index contributed by atoms with van der Waals surface area (Å²) in [5.41, 5.74) is 1.34. The number of rotatable bonds is 5. The predicted octanol–water partition coefficient (Wildman–Crippen LogP) is 0.619. The molecule has 0 aliphatic rings. The van der Waals surface area contributed by atoms with Crippen molar-refractivity contribution >= 4 is 5.91 Å². The highest BCUT2D eigenvalue weighted by Crippen LogP contribution is 2.05. The van der Waals surface area contributed by atoms with Crippen LogP contribution in [-0.4, -0.2) is 33.4 Å². The Bertz CT molecular complexity index is 360. The molecule has 0 spiro atoms. The zero-order chi connectivity index (χ0) is 12.1. The molecule has 0 aliphatic carbocycles. The van der Waals surface area contributed by atoms with Gasteiger partial charge in [0, 0.05) is 25.9 Å². The van der Waals surface area contributed by atoms with Crippen LogP contribution in [0.25, 0.3) is 0 Å². The molecule has 1 amide bonds. The van der Waals surface area contributed by atoms with Crippen LogP contribution in [0.5, 0.6) is 0 Å². The van der Waals surface area contributed by atoms with Gasteiger partial charge >= 0.3 is 0 Å². The molecule has 90 valence electrons. The van der Waals surface area contributed by atoms with E-state index in [1.807, 2.05) is 13.8 Å². The number of nitrogens with one attached hydrogen (secondary N) is 1. The van der Waals surface area contributed by atoms with E-state index in [9.17, 15) is 4.79 Å². The Morgan fingerprint density at radius 2 is 2.38 bits per heavy atom. The van der Waals surface area contributed by atoms with E-state index < -0.39 is 0 Å². The van der Waals surface area contributed by atoms with E-state index in [2.05, 4.69) is 10.4 Å². The molecule has 16 heavy (non-hydrogen) atoms. The zero-order valence-electron chi connectivity index (χ0n) is 10.0. The fourth-order valence-electron chi connectivity index (χ4n) is 1.59. The summed E-state index contributed by atoms with van der Waals surface area (Å²) >= 11 is 0. The molecule has 0 bridgehead atoms. The third-order valence-electron chi connectivity index (χ3n) is 2.43. The van der Waals surface area contributed by atoms with Crippen molar-refractivity contribution in [2.24, 2.45) is 7.05 Å². The minimum atomic E-state index is -0.101. The average molecular weight is 225 g/mol.